The van der Waals surface area contributed by atoms with Gasteiger partial charge in [0, 0.05) is 12.7 Å². The fraction of sp³-hybridized carbons (Fsp3) is 0.267. The summed E-state index contributed by atoms with van der Waals surface area (Å²) in [5, 5.41) is 0. The summed E-state index contributed by atoms with van der Waals surface area (Å²) >= 11 is 0. The van der Waals surface area contributed by atoms with E-state index in [4.69, 9.17) is 10.5 Å². The van der Waals surface area contributed by atoms with E-state index in [1.165, 1.54) is 18.2 Å². The molecule has 0 bridgehead atoms. The van der Waals surface area contributed by atoms with Crippen LogP contribution in [0.25, 0.3) is 0 Å². The first-order valence-electron chi connectivity index (χ1n) is 6.11. The third-order valence-corrected chi connectivity index (χ3v) is 3.24. The van der Waals surface area contributed by atoms with Gasteiger partial charge < -0.3 is 15.0 Å². The van der Waals surface area contributed by atoms with Crippen LogP contribution in [0.4, 0.5) is 5.69 Å². The van der Waals surface area contributed by atoms with E-state index in [-0.39, 0.29) is 5.97 Å². The maximum Gasteiger partial charge on any atom is 0.354 e. The molecule has 0 aliphatic heterocycles. The Labute approximate surface area is 112 Å². The van der Waals surface area contributed by atoms with Gasteiger partial charge in [0.1, 0.15) is 5.69 Å². The van der Waals surface area contributed by atoms with Crippen LogP contribution in [0.2, 0.25) is 0 Å². The summed E-state index contributed by atoms with van der Waals surface area (Å²) in [4.78, 5) is 11.7. The van der Waals surface area contributed by atoms with Crippen molar-refractivity contribution in [2.45, 2.75) is 20.4 Å². The van der Waals surface area contributed by atoms with Crippen molar-refractivity contribution in [3.63, 3.8) is 0 Å². The quantitative estimate of drug-likeness (QED) is 0.861. The number of aromatic nitrogens is 1. The average Bonchev–Trinajstić information content (AvgIpc) is 2.74. The fourth-order valence-electron chi connectivity index (χ4n) is 2.04. The summed E-state index contributed by atoms with van der Waals surface area (Å²) in [5.74, 6) is -0.375. The van der Waals surface area contributed by atoms with Crippen LogP contribution in [-0.2, 0) is 11.3 Å². The summed E-state index contributed by atoms with van der Waals surface area (Å²) < 4.78 is 6.57. The highest BCUT2D eigenvalue weighted by molar-refractivity contribution is 5.89. The number of hydrogen-bond acceptors (Lipinski definition) is 3. The molecule has 2 rings (SSSR count). The van der Waals surface area contributed by atoms with Gasteiger partial charge in [0.2, 0.25) is 0 Å². The van der Waals surface area contributed by atoms with Gasteiger partial charge in [-0.2, -0.15) is 0 Å². The van der Waals surface area contributed by atoms with Crippen molar-refractivity contribution in [3.05, 3.63) is 52.8 Å². The lowest BCUT2D eigenvalue weighted by atomic mass is 10.1. The lowest BCUT2D eigenvalue weighted by molar-refractivity contribution is 0.0589. The molecule has 0 unspecified atom stereocenters. The topological polar surface area (TPSA) is 57.2 Å². The molecule has 19 heavy (non-hydrogen) atoms. The summed E-state index contributed by atoms with van der Waals surface area (Å²) in [6.07, 6.45) is 1.75. The number of benzene rings is 1. The van der Waals surface area contributed by atoms with Gasteiger partial charge in [-0.1, -0.05) is 18.2 Å². The summed E-state index contributed by atoms with van der Waals surface area (Å²) in [6.45, 7) is 4.75. The average molecular weight is 258 g/mol. The van der Waals surface area contributed by atoms with Crippen molar-refractivity contribution in [1.29, 1.82) is 0 Å². The number of carbonyl (C=O) groups excluding carboxylic acids is 1. The molecule has 2 aromatic rings. The number of hydrogen-bond donors (Lipinski definition) is 1. The maximum absolute atomic E-state index is 11.7. The molecular formula is C15H18N2O2. The van der Waals surface area contributed by atoms with Gasteiger partial charge in [-0.05, 0) is 36.6 Å². The van der Waals surface area contributed by atoms with Crippen molar-refractivity contribution in [1.82, 2.24) is 4.57 Å². The van der Waals surface area contributed by atoms with Gasteiger partial charge in [0.25, 0.3) is 0 Å². The standard InChI is InChI=1S/C15H18N2O2/c1-10-4-5-12(6-11(10)2)8-17-9-13(16)7-14(17)15(18)19-3/h4-7,9H,8,16H2,1-3H3. The highest BCUT2D eigenvalue weighted by Gasteiger charge is 2.13. The number of rotatable bonds is 3. The SMILES string of the molecule is COC(=O)c1cc(N)cn1Cc1ccc(C)c(C)c1. The molecule has 1 heterocycles. The first-order chi connectivity index (χ1) is 9.01. The monoisotopic (exact) mass is 258 g/mol. The number of esters is 1. The smallest absolute Gasteiger partial charge is 0.354 e. The van der Waals surface area contributed by atoms with Crippen molar-refractivity contribution in [2.75, 3.05) is 12.8 Å². The zero-order valence-corrected chi connectivity index (χ0v) is 11.4. The Morgan fingerprint density at radius 1 is 1.26 bits per heavy atom. The molecule has 0 aliphatic carbocycles. The molecule has 0 spiro atoms. The molecule has 100 valence electrons. The van der Waals surface area contributed by atoms with E-state index in [1.54, 1.807) is 12.3 Å². The van der Waals surface area contributed by atoms with Crippen molar-refractivity contribution < 1.29 is 9.53 Å². The summed E-state index contributed by atoms with van der Waals surface area (Å²) in [6, 6.07) is 7.88. The van der Waals surface area contributed by atoms with E-state index < -0.39 is 0 Å². The van der Waals surface area contributed by atoms with Crippen molar-refractivity contribution in [2.24, 2.45) is 0 Å². The predicted molar refractivity (Wildman–Crippen MR) is 75.2 cm³/mol. The number of ether oxygens (including phenoxy) is 1. The maximum atomic E-state index is 11.7. The van der Waals surface area contributed by atoms with Gasteiger partial charge in [0.15, 0.2) is 0 Å². The number of methoxy groups -OCH3 is 1. The van der Waals surface area contributed by atoms with Crippen LogP contribution < -0.4 is 5.73 Å². The normalized spacial score (nSPS) is 10.5. The highest BCUT2D eigenvalue weighted by atomic mass is 16.5. The third kappa shape index (κ3) is 2.78. The molecule has 0 atom stereocenters. The second-order valence-electron chi connectivity index (χ2n) is 4.70. The number of aryl methyl sites for hydroxylation is 2. The van der Waals surface area contributed by atoms with E-state index in [0.29, 0.717) is 17.9 Å². The van der Waals surface area contributed by atoms with E-state index >= 15 is 0 Å². The second-order valence-corrected chi connectivity index (χ2v) is 4.70. The lowest BCUT2D eigenvalue weighted by Gasteiger charge is -2.09. The molecule has 0 radical (unpaired) electrons. The molecule has 0 saturated heterocycles. The van der Waals surface area contributed by atoms with Crippen LogP contribution in [0.15, 0.2) is 30.5 Å². The molecule has 0 aliphatic rings. The minimum Gasteiger partial charge on any atom is -0.464 e. The van der Waals surface area contributed by atoms with Gasteiger partial charge >= 0.3 is 5.97 Å². The van der Waals surface area contributed by atoms with Crippen LogP contribution in [0.3, 0.4) is 0 Å². The molecule has 4 nitrogen and oxygen atoms in total. The Balaban J connectivity index is 2.32. The van der Waals surface area contributed by atoms with E-state index in [2.05, 4.69) is 32.0 Å². The molecule has 4 heteroatoms. The van der Waals surface area contributed by atoms with Crippen molar-refractivity contribution in [3.8, 4) is 0 Å². The van der Waals surface area contributed by atoms with E-state index in [1.807, 2.05) is 4.57 Å². The molecule has 2 N–H and O–H groups in total. The molecule has 1 aromatic carbocycles. The Bertz CT molecular complexity index is 615. The Hall–Kier alpha value is -2.23. The molecular weight excluding hydrogens is 240 g/mol. The largest absolute Gasteiger partial charge is 0.464 e. The minimum absolute atomic E-state index is 0.375. The first kappa shape index (κ1) is 13.2. The minimum atomic E-state index is -0.375. The lowest BCUT2D eigenvalue weighted by Crippen LogP contribution is -2.10. The fourth-order valence-corrected chi connectivity index (χ4v) is 2.04. The number of carbonyl (C=O) groups is 1. The first-order valence-corrected chi connectivity index (χ1v) is 6.11. The van der Waals surface area contributed by atoms with Gasteiger partial charge in [0.05, 0.1) is 12.8 Å². The Morgan fingerprint density at radius 2 is 2.00 bits per heavy atom. The highest BCUT2D eigenvalue weighted by Crippen LogP contribution is 2.16. The zero-order valence-electron chi connectivity index (χ0n) is 11.4. The van der Waals surface area contributed by atoms with E-state index in [0.717, 1.165) is 5.56 Å². The Kier molecular flexibility index (Phi) is 3.60. The van der Waals surface area contributed by atoms with Crippen LogP contribution in [0.5, 0.6) is 0 Å². The van der Waals surface area contributed by atoms with E-state index in [9.17, 15) is 4.79 Å². The number of nitrogen functional groups attached to an aromatic ring is 1. The molecule has 0 amide bonds. The summed E-state index contributed by atoms with van der Waals surface area (Å²) in [7, 11) is 1.37. The van der Waals surface area contributed by atoms with Crippen LogP contribution >= 0.6 is 0 Å². The Morgan fingerprint density at radius 3 is 2.63 bits per heavy atom. The summed E-state index contributed by atoms with van der Waals surface area (Å²) in [5.41, 5.74) is 10.4. The molecule has 1 aromatic heterocycles. The molecule has 0 fully saturated rings. The molecule has 0 saturated carbocycles. The number of nitrogens with zero attached hydrogens (tertiary/aromatic N) is 1. The predicted octanol–water partition coefficient (Wildman–Crippen LogP) is 2.52. The van der Waals surface area contributed by atoms with Gasteiger partial charge in [-0.15, -0.1) is 0 Å². The van der Waals surface area contributed by atoms with Gasteiger partial charge in [-0.3, -0.25) is 0 Å². The zero-order chi connectivity index (χ0) is 14.0. The van der Waals surface area contributed by atoms with Crippen LogP contribution in [0, 0.1) is 13.8 Å². The second kappa shape index (κ2) is 5.18. The third-order valence-electron chi connectivity index (χ3n) is 3.24. The van der Waals surface area contributed by atoms with Crippen LogP contribution in [-0.4, -0.2) is 17.6 Å². The number of nitrogens with two attached hydrogens (primary N) is 1. The van der Waals surface area contributed by atoms with Crippen LogP contribution in [0.1, 0.15) is 27.2 Å². The van der Waals surface area contributed by atoms with Gasteiger partial charge in [-0.25, -0.2) is 4.79 Å². The number of anilines is 1. The van der Waals surface area contributed by atoms with Crippen molar-refractivity contribution >= 4 is 11.7 Å².